The second kappa shape index (κ2) is 10.3. The average Bonchev–Trinajstić information content (AvgIpc) is 3.18. The van der Waals surface area contributed by atoms with Crippen LogP contribution in [0.15, 0.2) is 48.5 Å². The molecule has 1 aliphatic rings. The quantitative estimate of drug-likeness (QED) is 0.622. The van der Waals surface area contributed by atoms with Crippen molar-refractivity contribution in [2.45, 2.75) is 0 Å². The maximum atomic E-state index is 13.0. The van der Waals surface area contributed by atoms with E-state index in [4.69, 9.17) is 21.1 Å². The van der Waals surface area contributed by atoms with Crippen LogP contribution in [0.1, 0.15) is 10.4 Å². The Labute approximate surface area is 185 Å². The third kappa shape index (κ3) is 5.53. The van der Waals surface area contributed by atoms with E-state index in [-0.39, 0.29) is 50.6 Å². The van der Waals surface area contributed by atoms with Crippen LogP contribution in [0.5, 0.6) is 5.75 Å². The van der Waals surface area contributed by atoms with Gasteiger partial charge in [0, 0.05) is 29.9 Å². The molecule has 1 heterocycles. The Hall–Kier alpha value is -3.10. The summed E-state index contributed by atoms with van der Waals surface area (Å²) in [6.07, 6.45) is 0. The van der Waals surface area contributed by atoms with E-state index in [9.17, 15) is 14.4 Å². The molecule has 0 atom stereocenters. The first-order valence-corrected chi connectivity index (χ1v) is 10.1. The number of carbonyl (C=O) groups is 3. The van der Waals surface area contributed by atoms with Crippen molar-refractivity contribution >= 4 is 35.0 Å². The summed E-state index contributed by atoms with van der Waals surface area (Å²) in [4.78, 5) is 42.6. The van der Waals surface area contributed by atoms with Crippen molar-refractivity contribution in [1.29, 1.82) is 0 Å². The van der Waals surface area contributed by atoms with E-state index >= 15 is 0 Å². The van der Waals surface area contributed by atoms with Gasteiger partial charge in [0.25, 0.3) is 5.91 Å². The highest BCUT2D eigenvalue weighted by molar-refractivity contribution is 6.31. The first-order chi connectivity index (χ1) is 14.9. The van der Waals surface area contributed by atoms with Crippen LogP contribution in [0.2, 0.25) is 5.02 Å². The Balaban J connectivity index is 1.70. The third-order valence-electron chi connectivity index (χ3n) is 4.93. The van der Waals surface area contributed by atoms with Crippen LogP contribution in [-0.4, -0.2) is 74.7 Å². The summed E-state index contributed by atoms with van der Waals surface area (Å²) in [5, 5.41) is 0.505. The van der Waals surface area contributed by atoms with Crippen LogP contribution in [0.4, 0.5) is 5.69 Å². The van der Waals surface area contributed by atoms with E-state index in [2.05, 4.69) is 0 Å². The van der Waals surface area contributed by atoms with Crippen molar-refractivity contribution in [2.75, 3.05) is 52.0 Å². The fourth-order valence-corrected chi connectivity index (χ4v) is 3.40. The molecule has 9 heteroatoms. The molecule has 1 aliphatic heterocycles. The van der Waals surface area contributed by atoms with Crippen molar-refractivity contribution in [1.82, 2.24) is 9.80 Å². The zero-order valence-corrected chi connectivity index (χ0v) is 18.2. The molecule has 0 N–H and O–H groups in total. The normalized spacial score (nSPS) is 13.5. The van der Waals surface area contributed by atoms with Gasteiger partial charge in [0.2, 0.25) is 11.8 Å². The Morgan fingerprint density at radius 2 is 1.87 bits per heavy atom. The van der Waals surface area contributed by atoms with Gasteiger partial charge >= 0.3 is 0 Å². The van der Waals surface area contributed by atoms with Crippen LogP contribution < -0.4 is 9.64 Å². The molecule has 1 fully saturated rings. The molecule has 8 nitrogen and oxygen atoms in total. The van der Waals surface area contributed by atoms with E-state index in [0.29, 0.717) is 22.0 Å². The molecule has 0 radical (unpaired) electrons. The molecule has 0 unspecified atom stereocenters. The molecule has 3 amide bonds. The molecule has 0 bridgehead atoms. The van der Waals surface area contributed by atoms with E-state index in [1.165, 1.54) is 21.8 Å². The van der Waals surface area contributed by atoms with Crippen molar-refractivity contribution in [3.8, 4) is 5.75 Å². The van der Waals surface area contributed by atoms with E-state index in [1.54, 1.807) is 55.6 Å². The molecule has 0 saturated carbocycles. The standard InChI is InChI=1S/C22H24ClN3O5/c1-30-11-10-24(22(29)16-6-8-19(31-2)9-7-16)13-20(27)25-14-21(28)26(15-25)18-5-3-4-17(23)12-18/h3-9,12H,10-11,13-15H2,1-2H3. The minimum absolute atomic E-state index is 0.0554. The highest BCUT2D eigenvalue weighted by Gasteiger charge is 2.33. The van der Waals surface area contributed by atoms with E-state index in [1.807, 2.05) is 0 Å². The molecule has 31 heavy (non-hydrogen) atoms. The zero-order valence-electron chi connectivity index (χ0n) is 17.4. The minimum atomic E-state index is -0.323. The summed E-state index contributed by atoms with van der Waals surface area (Å²) < 4.78 is 10.2. The van der Waals surface area contributed by atoms with Crippen LogP contribution in [0.3, 0.4) is 0 Å². The molecular weight excluding hydrogens is 422 g/mol. The smallest absolute Gasteiger partial charge is 0.254 e. The predicted molar refractivity (Wildman–Crippen MR) is 116 cm³/mol. The van der Waals surface area contributed by atoms with E-state index < -0.39 is 0 Å². The van der Waals surface area contributed by atoms with Crippen molar-refractivity contribution in [3.63, 3.8) is 0 Å². The first-order valence-electron chi connectivity index (χ1n) is 9.69. The number of benzene rings is 2. The number of nitrogens with zero attached hydrogens (tertiary/aromatic N) is 3. The lowest BCUT2D eigenvalue weighted by molar-refractivity contribution is -0.132. The second-order valence-electron chi connectivity index (χ2n) is 6.98. The van der Waals surface area contributed by atoms with Gasteiger partial charge in [0.15, 0.2) is 0 Å². The molecule has 3 rings (SSSR count). The highest BCUT2D eigenvalue weighted by Crippen LogP contribution is 2.23. The van der Waals surface area contributed by atoms with Gasteiger partial charge < -0.3 is 19.3 Å². The molecule has 2 aromatic carbocycles. The number of hydrogen-bond acceptors (Lipinski definition) is 5. The number of amides is 3. The van der Waals surface area contributed by atoms with Crippen molar-refractivity contribution in [3.05, 3.63) is 59.1 Å². The van der Waals surface area contributed by atoms with Crippen LogP contribution in [-0.2, 0) is 14.3 Å². The third-order valence-corrected chi connectivity index (χ3v) is 5.16. The summed E-state index contributed by atoms with van der Waals surface area (Å²) in [6.45, 7) is 0.410. The summed E-state index contributed by atoms with van der Waals surface area (Å²) in [5.41, 5.74) is 1.06. The molecule has 1 saturated heterocycles. The highest BCUT2D eigenvalue weighted by atomic mass is 35.5. The van der Waals surface area contributed by atoms with Gasteiger partial charge in [-0.25, -0.2) is 0 Å². The summed E-state index contributed by atoms with van der Waals surface area (Å²) in [7, 11) is 3.07. The maximum absolute atomic E-state index is 13.0. The van der Waals surface area contributed by atoms with Crippen LogP contribution in [0.25, 0.3) is 0 Å². The molecule has 0 aliphatic carbocycles. The Morgan fingerprint density at radius 1 is 1.13 bits per heavy atom. The van der Waals surface area contributed by atoms with Crippen molar-refractivity contribution < 1.29 is 23.9 Å². The Morgan fingerprint density at radius 3 is 2.52 bits per heavy atom. The number of ether oxygens (including phenoxy) is 2. The zero-order chi connectivity index (χ0) is 22.4. The number of anilines is 1. The van der Waals surface area contributed by atoms with Crippen LogP contribution >= 0.6 is 11.6 Å². The molecule has 0 spiro atoms. The minimum Gasteiger partial charge on any atom is -0.497 e. The summed E-state index contributed by atoms with van der Waals surface area (Å²) >= 11 is 6.02. The first kappa shape index (κ1) is 22.6. The molecule has 164 valence electrons. The van der Waals surface area contributed by atoms with Gasteiger partial charge in [-0.1, -0.05) is 17.7 Å². The SMILES string of the molecule is COCCN(CC(=O)N1CC(=O)N(c2cccc(Cl)c2)C1)C(=O)c1ccc(OC)cc1. The largest absolute Gasteiger partial charge is 0.497 e. The Bertz CT molecular complexity index is 950. The lowest BCUT2D eigenvalue weighted by atomic mass is 10.2. The van der Waals surface area contributed by atoms with Crippen molar-refractivity contribution in [2.24, 2.45) is 0 Å². The molecule has 0 aromatic heterocycles. The maximum Gasteiger partial charge on any atom is 0.254 e. The number of carbonyl (C=O) groups excluding carboxylic acids is 3. The number of halogens is 1. The van der Waals surface area contributed by atoms with E-state index in [0.717, 1.165) is 0 Å². The molecule has 2 aromatic rings. The predicted octanol–water partition coefficient (Wildman–Crippen LogP) is 2.27. The monoisotopic (exact) mass is 445 g/mol. The van der Waals surface area contributed by atoms with Gasteiger partial charge in [-0.2, -0.15) is 0 Å². The second-order valence-corrected chi connectivity index (χ2v) is 7.42. The van der Waals surface area contributed by atoms with Gasteiger partial charge in [0.05, 0.1) is 13.7 Å². The summed E-state index contributed by atoms with van der Waals surface area (Å²) in [5.74, 6) is -0.200. The lowest BCUT2D eigenvalue weighted by Gasteiger charge is -2.25. The topological polar surface area (TPSA) is 79.4 Å². The van der Waals surface area contributed by atoms with Crippen LogP contribution in [0, 0.1) is 0 Å². The molecular formula is C22H24ClN3O5. The van der Waals surface area contributed by atoms with Gasteiger partial charge in [0.1, 0.15) is 25.5 Å². The number of rotatable bonds is 8. The number of hydrogen-bond donors (Lipinski definition) is 0. The Kier molecular flexibility index (Phi) is 7.49. The fraction of sp³-hybridized carbons (Fsp3) is 0.318. The summed E-state index contributed by atoms with van der Waals surface area (Å²) in [6, 6.07) is 13.6. The van der Waals surface area contributed by atoms with Gasteiger partial charge in [-0.15, -0.1) is 0 Å². The van der Waals surface area contributed by atoms with Gasteiger partial charge in [-0.3, -0.25) is 19.3 Å². The van der Waals surface area contributed by atoms with Gasteiger partial charge in [-0.05, 0) is 42.5 Å². The number of methoxy groups -OCH3 is 2. The fourth-order valence-electron chi connectivity index (χ4n) is 3.22. The average molecular weight is 446 g/mol. The lowest BCUT2D eigenvalue weighted by Crippen LogP contribution is -2.44.